The van der Waals surface area contributed by atoms with E-state index in [9.17, 15) is 10.1 Å². The number of benzene rings is 1. The largest absolute Gasteiger partial charge is 0.491 e. The third-order valence-corrected chi connectivity index (χ3v) is 2.56. The van der Waals surface area contributed by atoms with Crippen LogP contribution in [0.15, 0.2) is 18.2 Å². The highest BCUT2D eigenvalue weighted by Crippen LogP contribution is 2.28. The second-order valence-corrected chi connectivity index (χ2v) is 4.11. The summed E-state index contributed by atoms with van der Waals surface area (Å²) in [6.07, 6.45) is 1.96. The molecule has 0 radical (unpaired) electrons. The van der Waals surface area contributed by atoms with Gasteiger partial charge in [0, 0.05) is 11.8 Å². The normalized spacial score (nSPS) is 10.0. The molecule has 0 unspecified atom stereocenters. The number of hydrogen-bond acceptors (Lipinski definition) is 4. The third-order valence-electron chi connectivity index (χ3n) is 1.67. The van der Waals surface area contributed by atoms with Crippen molar-refractivity contribution in [2.24, 2.45) is 0 Å². The first-order valence-corrected chi connectivity index (χ1v) is 5.98. The monoisotopic (exact) mass is 247 g/mol. The number of nitro benzene ring substituents is 1. The summed E-state index contributed by atoms with van der Waals surface area (Å²) in [5, 5.41) is 10.9. The van der Waals surface area contributed by atoms with E-state index in [1.54, 1.807) is 11.8 Å². The van der Waals surface area contributed by atoms with E-state index in [0.29, 0.717) is 17.4 Å². The lowest BCUT2D eigenvalue weighted by atomic mass is 10.3. The molecule has 1 aromatic carbocycles. The molecule has 15 heavy (non-hydrogen) atoms. The molecule has 0 heterocycles. The molecule has 1 aromatic rings. The molecule has 82 valence electrons. The molecule has 0 saturated heterocycles. The van der Waals surface area contributed by atoms with Gasteiger partial charge in [-0.1, -0.05) is 11.6 Å². The van der Waals surface area contributed by atoms with E-state index < -0.39 is 4.92 Å². The van der Waals surface area contributed by atoms with Gasteiger partial charge in [0.15, 0.2) is 0 Å². The maximum atomic E-state index is 10.5. The third kappa shape index (κ3) is 3.60. The maximum Gasteiger partial charge on any atom is 0.273 e. The Morgan fingerprint density at radius 2 is 2.33 bits per heavy atom. The van der Waals surface area contributed by atoms with Gasteiger partial charge < -0.3 is 4.74 Å². The molecular weight excluding hydrogens is 238 g/mol. The van der Waals surface area contributed by atoms with Crippen LogP contribution in [-0.4, -0.2) is 23.5 Å². The minimum atomic E-state index is -0.474. The van der Waals surface area contributed by atoms with Crippen LogP contribution in [0, 0.1) is 10.1 Å². The van der Waals surface area contributed by atoms with E-state index in [2.05, 4.69) is 0 Å². The van der Waals surface area contributed by atoms with Gasteiger partial charge in [0.05, 0.1) is 22.6 Å². The zero-order valence-electron chi connectivity index (χ0n) is 8.10. The number of ether oxygens (including phenoxy) is 1. The standard InChI is InChI=1S/C9H10ClNO3S/c1-15-5-4-14-9-6-7(11(12)13)2-3-8(9)10/h2-3,6H,4-5H2,1H3. The first-order valence-electron chi connectivity index (χ1n) is 4.21. The number of halogens is 1. The molecule has 0 fully saturated rings. The summed E-state index contributed by atoms with van der Waals surface area (Å²) in [6.45, 7) is 0.488. The molecule has 0 bridgehead atoms. The quantitative estimate of drug-likeness (QED) is 0.456. The van der Waals surface area contributed by atoms with Crippen molar-refractivity contribution in [1.29, 1.82) is 0 Å². The first kappa shape index (κ1) is 12.1. The average Bonchev–Trinajstić information content (AvgIpc) is 2.20. The highest BCUT2D eigenvalue weighted by molar-refractivity contribution is 7.98. The number of nitrogens with zero attached hydrogens (tertiary/aromatic N) is 1. The first-order chi connectivity index (χ1) is 7.15. The van der Waals surface area contributed by atoms with Crippen LogP contribution in [0.25, 0.3) is 0 Å². The van der Waals surface area contributed by atoms with Crippen molar-refractivity contribution in [2.45, 2.75) is 0 Å². The zero-order chi connectivity index (χ0) is 11.3. The Morgan fingerprint density at radius 3 is 2.93 bits per heavy atom. The molecule has 0 N–H and O–H groups in total. The Kier molecular flexibility index (Phi) is 4.71. The number of non-ortho nitro benzene ring substituents is 1. The van der Waals surface area contributed by atoms with E-state index in [0.717, 1.165) is 5.75 Å². The zero-order valence-corrected chi connectivity index (χ0v) is 9.68. The second kappa shape index (κ2) is 5.82. The summed E-state index contributed by atoms with van der Waals surface area (Å²) in [6, 6.07) is 4.15. The second-order valence-electron chi connectivity index (χ2n) is 2.71. The number of hydrogen-bond donors (Lipinski definition) is 0. The van der Waals surface area contributed by atoms with E-state index in [1.165, 1.54) is 18.2 Å². The summed E-state index contributed by atoms with van der Waals surface area (Å²) in [4.78, 5) is 10.0. The van der Waals surface area contributed by atoms with Gasteiger partial charge in [-0.3, -0.25) is 10.1 Å². The smallest absolute Gasteiger partial charge is 0.273 e. The molecule has 0 aliphatic carbocycles. The van der Waals surface area contributed by atoms with Crippen molar-refractivity contribution >= 4 is 29.1 Å². The predicted octanol–water partition coefficient (Wildman–Crippen LogP) is 2.99. The molecule has 0 saturated carbocycles. The molecule has 0 aromatic heterocycles. The van der Waals surface area contributed by atoms with Crippen molar-refractivity contribution in [2.75, 3.05) is 18.6 Å². The topological polar surface area (TPSA) is 52.4 Å². The van der Waals surface area contributed by atoms with Crippen molar-refractivity contribution in [3.05, 3.63) is 33.3 Å². The van der Waals surface area contributed by atoms with Gasteiger partial charge in [-0.15, -0.1) is 0 Å². The Morgan fingerprint density at radius 1 is 1.60 bits per heavy atom. The minimum absolute atomic E-state index is 0.0152. The van der Waals surface area contributed by atoms with Gasteiger partial charge in [0.2, 0.25) is 0 Å². The maximum absolute atomic E-state index is 10.5. The molecule has 0 amide bonds. The van der Waals surface area contributed by atoms with Crippen LogP contribution in [0.3, 0.4) is 0 Å². The van der Waals surface area contributed by atoms with Gasteiger partial charge in [-0.25, -0.2) is 0 Å². The molecule has 0 aliphatic rings. The Hall–Kier alpha value is -0.940. The van der Waals surface area contributed by atoms with Crippen LogP contribution in [0.1, 0.15) is 0 Å². The number of rotatable bonds is 5. The molecule has 0 atom stereocenters. The fourth-order valence-corrected chi connectivity index (χ4v) is 1.37. The highest BCUT2D eigenvalue weighted by Gasteiger charge is 2.10. The highest BCUT2D eigenvalue weighted by atomic mass is 35.5. The Balaban J connectivity index is 2.76. The number of nitro groups is 1. The van der Waals surface area contributed by atoms with Gasteiger partial charge in [0.1, 0.15) is 5.75 Å². The summed E-state index contributed by atoms with van der Waals surface area (Å²) in [5.41, 5.74) is -0.0152. The predicted molar refractivity (Wildman–Crippen MR) is 62.0 cm³/mol. The van der Waals surface area contributed by atoms with E-state index >= 15 is 0 Å². The van der Waals surface area contributed by atoms with Crippen molar-refractivity contribution in [1.82, 2.24) is 0 Å². The van der Waals surface area contributed by atoms with Crippen molar-refractivity contribution in [3.63, 3.8) is 0 Å². The summed E-state index contributed by atoms with van der Waals surface area (Å²) >= 11 is 7.46. The van der Waals surface area contributed by atoms with Crippen LogP contribution < -0.4 is 4.74 Å². The average molecular weight is 248 g/mol. The van der Waals surface area contributed by atoms with Crippen molar-refractivity contribution < 1.29 is 9.66 Å². The molecular formula is C9H10ClNO3S. The minimum Gasteiger partial charge on any atom is -0.491 e. The van der Waals surface area contributed by atoms with Gasteiger partial charge in [-0.05, 0) is 12.3 Å². The van der Waals surface area contributed by atoms with Crippen molar-refractivity contribution in [3.8, 4) is 5.75 Å². The van der Waals surface area contributed by atoms with E-state index in [4.69, 9.17) is 16.3 Å². The Bertz CT molecular complexity index is 359. The summed E-state index contributed by atoms with van der Waals surface area (Å²) in [5.74, 6) is 1.18. The van der Waals surface area contributed by atoms with Crippen LogP contribution in [0.4, 0.5) is 5.69 Å². The lowest BCUT2D eigenvalue weighted by Gasteiger charge is -2.06. The summed E-state index contributed by atoms with van der Waals surface area (Å²) in [7, 11) is 0. The van der Waals surface area contributed by atoms with Crippen LogP contribution in [0.2, 0.25) is 5.02 Å². The van der Waals surface area contributed by atoms with E-state index in [1.807, 2.05) is 6.26 Å². The number of thioether (sulfide) groups is 1. The molecule has 4 nitrogen and oxygen atoms in total. The lowest BCUT2D eigenvalue weighted by molar-refractivity contribution is -0.384. The molecule has 0 spiro atoms. The van der Waals surface area contributed by atoms with Gasteiger partial charge >= 0.3 is 0 Å². The Labute approximate surface area is 96.7 Å². The van der Waals surface area contributed by atoms with Gasteiger partial charge in [-0.2, -0.15) is 11.8 Å². The summed E-state index contributed by atoms with van der Waals surface area (Å²) < 4.78 is 5.31. The van der Waals surface area contributed by atoms with Crippen LogP contribution in [0.5, 0.6) is 5.75 Å². The van der Waals surface area contributed by atoms with Gasteiger partial charge in [0.25, 0.3) is 5.69 Å². The SMILES string of the molecule is CSCCOc1cc([N+](=O)[O-])ccc1Cl. The lowest BCUT2D eigenvalue weighted by Crippen LogP contribution is -2.00. The molecule has 1 rings (SSSR count). The van der Waals surface area contributed by atoms with Crippen LogP contribution >= 0.6 is 23.4 Å². The fraction of sp³-hybridized carbons (Fsp3) is 0.333. The fourth-order valence-electron chi connectivity index (χ4n) is 0.951. The van der Waals surface area contributed by atoms with E-state index in [-0.39, 0.29) is 5.69 Å². The molecule has 6 heteroatoms. The van der Waals surface area contributed by atoms with Crippen LogP contribution in [-0.2, 0) is 0 Å². The molecule has 0 aliphatic heterocycles.